The van der Waals surface area contributed by atoms with Gasteiger partial charge in [-0.25, -0.2) is 4.39 Å². The van der Waals surface area contributed by atoms with Crippen LogP contribution in [0, 0.1) is 5.82 Å². The number of hydrogen-bond donors (Lipinski definition) is 1. The van der Waals surface area contributed by atoms with Crippen molar-refractivity contribution in [3.63, 3.8) is 0 Å². The first-order chi connectivity index (χ1) is 14.9. The van der Waals surface area contributed by atoms with Crippen LogP contribution in [-0.2, 0) is 11.8 Å². The number of amides is 1. The zero-order chi connectivity index (χ0) is 22.4. The maximum Gasteiger partial charge on any atom is 0.234 e. The van der Waals surface area contributed by atoms with Gasteiger partial charge in [0.1, 0.15) is 17.3 Å². The Bertz CT molecular complexity index is 1050. The molecule has 1 atom stereocenters. The second-order valence-electron chi connectivity index (χ2n) is 6.53. The Hall–Kier alpha value is -2.78. The number of nitrogens with one attached hydrogen (secondary N) is 1. The van der Waals surface area contributed by atoms with E-state index >= 15 is 0 Å². The number of benzene rings is 2. The fourth-order valence-electron chi connectivity index (χ4n) is 2.75. The summed E-state index contributed by atoms with van der Waals surface area (Å²) in [5.74, 6) is 1.21. The lowest BCUT2D eigenvalue weighted by molar-refractivity contribution is -0.113. The summed E-state index contributed by atoms with van der Waals surface area (Å²) in [5, 5.41) is 11.9. The van der Waals surface area contributed by atoms with Gasteiger partial charge in [0.05, 0.1) is 17.4 Å². The van der Waals surface area contributed by atoms with Crippen molar-refractivity contribution in [3.05, 3.63) is 59.1 Å². The number of anilines is 1. The van der Waals surface area contributed by atoms with E-state index in [2.05, 4.69) is 15.5 Å². The van der Waals surface area contributed by atoms with Gasteiger partial charge in [-0.05, 0) is 56.3 Å². The molecule has 1 heterocycles. The largest absolute Gasteiger partial charge is 0.494 e. The van der Waals surface area contributed by atoms with Crippen molar-refractivity contribution in [1.29, 1.82) is 0 Å². The highest BCUT2D eigenvalue weighted by Gasteiger charge is 2.19. The minimum atomic E-state index is -0.479. The van der Waals surface area contributed by atoms with Crippen molar-refractivity contribution >= 4 is 35.0 Å². The first kappa shape index (κ1) is 22.9. The number of carbonyl (C=O) groups excluding carboxylic acids is 1. The molecule has 164 valence electrons. The molecule has 0 spiro atoms. The van der Waals surface area contributed by atoms with Crippen LogP contribution in [0.5, 0.6) is 11.5 Å². The molecule has 3 rings (SSSR count). The summed E-state index contributed by atoms with van der Waals surface area (Å²) in [7, 11) is 1.79. The zero-order valence-corrected chi connectivity index (χ0v) is 18.8. The van der Waals surface area contributed by atoms with Gasteiger partial charge in [-0.3, -0.25) is 4.79 Å². The Morgan fingerprint density at radius 1 is 1.26 bits per heavy atom. The highest BCUT2D eigenvalue weighted by molar-refractivity contribution is 7.99. The van der Waals surface area contributed by atoms with Crippen molar-refractivity contribution in [2.24, 2.45) is 7.05 Å². The SMILES string of the molecule is CCOc1ccc(NC(=O)CSc2nnc(C(C)Oc3ccc(F)cc3Cl)n2C)cc1. The predicted molar refractivity (Wildman–Crippen MR) is 118 cm³/mol. The van der Waals surface area contributed by atoms with Crippen LogP contribution < -0.4 is 14.8 Å². The molecule has 2 aromatic carbocycles. The maximum atomic E-state index is 13.2. The summed E-state index contributed by atoms with van der Waals surface area (Å²) in [5.41, 5.74) is 0.686. The summed E-state index contributed by atoms with van der Waals surface area (Å²) in [4.78, 5) is 12.3. The Kier molecular flexibility index (Phi) is 7.75. The van der Waals surface area contributed by atoms with Crippen LogP contribution in [0.3, 0.4) is 0 Å². The number of rotatable bonds is 9. The van der Waals surface area contributed by atoms with Gasteiger partial charge >= 0.3 is 0 Å². The van der Waals surface area contributed by atoms with Crippen molar-refractivity contribution < 1.29 is 18.7 Å². The number of thioether (sulfide) groups is 1. The van der Waals surface area contributed by atoms with Gasteiger partial charge < -0.3 is 19.4 Å². The van der Waals surface area contributed by atoms with Gasteiger partial charge in [0, 0.05) is 12.7 Å². The van der Waals surface area contributed by atoms with Crippen molar-refractivity contribution in [2.75, 3.05) is 17.7 Å². The molecule has 0 aliphatic rings. The maximum absolute atomic E-state index is 13.2. The van der Waals surface area contributed by atoms with Gasteiger partial charge in [0.15, 0.2) is 17.1 Å². The molecule has 0 aliphatic heterocycles. The molecule has 3 aromatic rings. The molecule has 1 amide bonds. The molecular formula is C21H22ClFN4O3S. The van der Waals surface area contributed by atoms with Crippen LogP contribution in [-0.4, -0.2) is 33.0 Å². The molecule has 1 N–H and O–H groups in total. The number of nitrogens with zero attached hydrogens (tertiary/aromatic N) is 3. The molecule has 0 aliphatic carbocycles. The summed E-state index contributed by atoms with van der Waals surface area (Å²) in [6.45, 7) is 4.29. The van der Waals surface area contributed by atoms with E-state index in [1.807, 2.05) is 6.92 Å². The monoisotopic (exact) mass is 464 g/mol. The van der Waals surface area contributed by atoms with E-state index < -0.39 is 11.9 Å². The molecule has 10 heteroatoms. The van der Waals surface area contributed by atoms with Crippen LogP contribution in [0.1, 0.15) is 25.8 Å². The van der Waals surface area contributed by atoms with Gasteiger partial charge in [-0.15, -0.1) is 10.2 Å². The first-order valence-corrected chi connectivity index (χ1v) is 10.9. The molecular weight excluding hydrogens is 443 g/mol. The lowest BCUT2D eigenvalue weighted by Crippen LogP contribution is -2.15. The van der Waals surface area contributed by atoms with Crippen LogP contribution >= 0.6 is 23.4 Å². The zero-order valence-electron chi connectivity index (χ0n) is 17.3. The molecule has 1 aromatic heterocycles. The van der Waals surface area contributed by atoms with E-state index in [1.54, 1.807) is 42.8 Å². The van der Waals surface area contributed by atoms with Gasteiger partial charge in [-0.2, -0.15) is 0 Å². The third kappa shape index (κ3) is 6.11. The molecule has 7 nitrogen and oxygen atoms in total. The second-order valence-corrected chi connectivity index (χ2v) is 7.88. The van der Waals surface area contributed by atoms with Crippen LogP contribution in [0.4, 0.5) is 10.1 Å². The highest BCUT2D eigenvalue weighted by Crippen LogP contribution is 2.30. The molecule has 0 saturated heterocycles. The highest BCUT2D eigenvalue weighted by atomic mass is 35.5. The number of hydrogen-bond acceptors (Lipinski definition) is 6. The number of aromatic nitrogens is 3. The molecule has 0 radical (unpaired) electrons. The topological polar surface area (TPSA) is 78.3 Å². The lowest BCUT2D eigenvalue weighted by atomic mass is 10.3. The standard InChI is InChI=1S/C21H22ClFN4O3S/c1-4-29-16-8-6-15(7-9-16)24-19(28)12-31-21-26-25-20(27(21)3)13(2)30-18-10-5-14(23)11-17(18)22/h5-11,13H,4,12H2,1-3H3,(H,24,28). The van der Waals surface area contributed by atoms with E-state index in [9.17, 15) is 9.18 Å². The molecule has 31 heavy (non-hydrogen) atoms. The summed E-state index contributed by atoms with van der Waals surface area (Å²) < 4.78 is 26.1. The van der Waals surface area contributed by atoms with E-state index in [4.69, 9.17) is 21.1 Å². The quantitative estimate of drug-likeness (QED) is 0.455. The molecule has 1 unspecified atom stereocenters. The first-order valence-electron chi connectivity index (χ1n) is 9.54. The Labute approximate surface area is 188 Å². The minimum Gasteiger partial charge on any atom is -0.494 e. The van der Waals surface area contributed by atoms with Crippen LogP contribution in [0.2, 0.25) is 5.02 Å². The van der Waals surface area contributed by atoms with E-state index in [0.29, 0.717) is 29.0 Å². The number of ether oxygens (including phenoxy) is 2. The van der Waals surface area contributed by atoms with Crippen molar-refractivity contribution in [3.8, 4) is 11.5 Å². The van der Waals surface area contributed by atoms with E-state index in [-0.39, 0.29) is 16.7 Å². The smallest absolute Gasteiger partial charge is 0.234 e. The van der Waals surface area contributed by atoms with Gasteiger partial charge in [0.25, 0.3) is 0 Å². The summed E-state index contributed by atoms with van der Waals surface area (Å²) in [6.07, 6.45) is -0.479. The second kappa shape index (κ2) is 10.5. The predicted octanol–water partition coefficient (Wildman–Crippen LogP) is 4.88. The Morgan fingerprint density at radius 3 is 2.68 bits per heavy atom. The van der Waals surface area contributed by atoms with E-state index in [0.717, 1.165) is 5.75 Å². The van der Waals surface area contributed by atoms with Gasteiger partial charge in [0.2, 0.25) is 5.91 Å². The minimum absolute atomic E-state index is 0.165. The fraction of sp³-hybridized carbons (Fsp3) is 0.286. The van der Waals surface area contributed by atoms with Crippen LogP contribution in [0.15, 0.2) is 47.6 Å². The molecule has 0 fully saturated rings. The average Bonchev–Trinajstić information content (AvgIpc) is 3.10. The Balaban J connectivity index is 1.56. The number of carbonyl (C=O) groups is 1. The average molecular weight is 465 g/mol. The normalized spacial score (nSPS) is 11.8. The third-order valence-corrected chi connectivity index (χ3v) is 5.53. The summed E-state index contributed by atoms with van der Waals surface area (Å²) >= 11 is 7.27. The Morgan fingerprint density at radius 2 is 2.00 bits per heavy atom. The summed E-state index contributed by atoms with van der Waals surface area (Å²) in [6, 6.07) is 11.1. The van der Waals surface area contributed by atoms with Gasteiger partial charge in [-0.1, -0.05) is 23.4 Å². The van der Waals surface area contributed by atoms with E-state index in [1.165, 1.54) is 30.0 Å². The van der Waals surface area contributed by atoms with Crippen molar-refractivity contribution in [2.45, 2.75) is 25.1 Å². The van der Waals surface area contributed by atoms with Crippen LogP contribution in [0.25, 0.3) is 0 Å². The lowest BCUT2D eigenvalue weighted by Gasteiger charge is -2.15. The molecule has 0 bridgehead atoms. The van der Waals surface area contributed by atoms with Crippen molar-refractivity contribution in [1.82, 2.24) is 14.8 Å². The molecule has 0 saturated carbocycles. The fourth-order valence-corrected chi connectivity index (χ4v) is 3.68. The number of halogens is 2. The third-order valence-electron chi connectivity index (χ3n) is 4.21.